The van der Waals surface area contributed by atoms with Crippen LogP contribution in [0.5, 0.6) is 0 Å². The maximum Gasteiger partial charge on any atom is 0.288 e. The van der Waals surface area contributed by atoms with Gasteiger partial charge in [-0.05, 0) is 12.1 Å². The van der Waals surface area contributed by atoms with Crippen molar-refractivity contribution in [3.63, 3.8) is 0 Å². The van der Waals surface area contributed by atoms with Crippen molar-refractivity contribution < 1.29 is 18.3 Å². The van der Waals surface area contributed by atoms with Crippen LogP contribution in [0.2, 0.25) is 0 Å². The van der Waals surface area contributed by atoms with Gasteiger partial charge in [0.05, 0.1) is 24.6 Å². The van der Waals surface area contributed by atoms with Crippen LogP contribution in [-0.2, 0) is 16.1 Å². The summed E-state index contributed by atoms with van der Waals surface area (Å²) in [4.78, 5) is 12.7. The van der Waals surface area contributed by atoms with Crippen molar-refractivity contribution in [2.24, 2.45) is 0 Å². The zero-order chi connectivity index (χ0) is 21.3. The Morgan fingerprint density at radius 2 is 1.87 bits per heavy atom. The Balaban J connectivity index is 1.70. The van der Waals surface area contributed by atoms with E-state index in [9.17, 15) is 13.6 Å². The van der Waals surface area contributed by atoms with Gasteiger partial charge in [-0.2, -0.15) is 8.78 Å². The lowest BCUT2D eigenvalue weighted by molar-refractivity contribution is -0.113. The molecule has 2 aromatic carbocycles. The fourth-order valence-corrected chi connectivity index (χ4v) is 4.03. The summed E-state index contributed by atoms with van der Waals surface area (Å²) in [6.07, 6.45) is 0. The van der Waals surface area contributed by atoms with Crippen LogP contribution in [-0.4, -0.2) is 45.9 Å². The number of ether oxygens (including phenoxy) is 1. The molecule has 3 rings (SSSR count). The highest BCUT2D eigenvalue weighted by atomic mass is 32.2. The van der Waals surface area contributed by atoms with Gasteiger partial charge in [-0.15, -0.1) is 10.2 Å². The van der Waals surface area contributed by atoms with Crippen LogP contribution in [0.4, 0.5) is 14.5 Å². The number of hydrogen-bond acceptors (Lipinski definition) is 6. The Morgan fingerprint density at radius 3 is 2.60 bits per heavy atom. The molecule has 1 amide bonds. The number of methoxy groups -OCH3 is 1. The molecule has 0 aliphatic rings. The van der Waals surface area contributed by atoms with Gasteiger partial charge in [0.25, 0.3) is 5.76 Å². The average Bonchev–Trinajstić information content (AvgIpc) is 3.15. The zero-order valence-corrected chi connectivity index (χ0v) is 17.8. The van der Waals surface area contributed by atoms with Gasteiger partial charge in [-0.1, -0.05) is 66.0 Å². The van der Waals surface area contributed by atoms with Crippen LogP contribution in [0, 0.1) is 0 Å². The zero-order valence-electron chi connectivity index (χ0n) is 16.1. The number of anilines is 1. The molecule has 1 N–H and O–H groups in total. The Hall–Kier alpha value is -2.43. The lowest BCUT2D eigenvalue weighted by Gasteiger charge is -2.11. The highest BCUT2D eigenvalue weighted by molar-refractivity contribution is 8.00. The molecule has 0 aliphatic carbocycles. The molecule has 0 saturated heterocycles. The summed E-state index contributed by atoms with van der Waals surface area (Å²) in [5, 5.41) is 11.8. The number of amides is 1. The smallest absolute Gasteiger partial charge is 0.288 e. The minimum atomic E-state index is -2.56. The Kier molecular flexibility index (Phi) is 8.23. The van der Waals surface area contributed by atoms with Gasteiger partial charge in [0.1, 0.15) is 0 Å². The summed E-state index contributed by atoms with van der Waals surface area (Å²) < 4.78 is 32.5. The second-order valence-corrected chi connectivity index (χ2v) is 8.00. The van der Waals surface area contributed by atoms with E-state index in [4.69, 9.17) is 4.74 Å². The molecular formula is C20H20F2N4O2S2. The quantitative estimate of drug-likeness (QED) is 0.454. The number of thioether (sulfide) groups is 2. The molecule has 0 spiro atoms. The number of nitrogens with one attached hydrogen (secondary N) is 1. The van der Waals surface area contributed by atoms with Crippen LogP contribution < -0.4 is 5.32 Å². The van der Waals surface area contributed by atoms with Crippen molar-refractivity contribution in [2.45, 2.75) is 22.4 Å². The molecule has 6 nitrogen and oxygen atoms in total. The van der Waals surface area contributed by atoms with Gasteiger partial charge in [-0.3, -0.25) is 9.36 Å². The first-order valence-electron chi connectivity index (χ1n) is 9.02. The van der Waals surface area contributed by atoms with Gasteiger partial charge in [0.2, 0.25) is 5.91 Å². The van der Waals surface area contributed by atoms with E-state index in [2.05, 4.69) is 15.5 Å². The third-order valence-corrected chi connectivity index (χ3v) is 5.73. The minimum absolute atomic E-state index is 0.0631. The fraction of sp³-hybridized carbons (Fsp3) is 0.250. The number of aromatic nitrogens is 3. The third kappa shape index (κ3) is 6.04. The number of hydrogen-bond donors (Lipinski definition) is 1. The predicted octanol–water partition coefficient (Wildman–Crippen LogP) is 4.64. The minimum Gasteiger partial charge on any atom is -0.383 e. The van der Waals surface area contributed by atoms with Gasteiger partial charge < -0.3 is 10.1 Å². The van der Waals surface area contributed by atoms with Crippen LogP contribution in [0.25, 0.3) is 11.4 Å². The third-order valence-electron chi connectivity index (χ3n) is 3.98. The number of carbonyl (C=O) groups is 1. The summed E-state index contributed by atoms with van der Waals surface area (Å²) in [7, 11) is 1.61. The molecule has 30 heavy (non-hydrogen) atoms. The summed E-state index contributed by atoms with van der Waals surface area (Å²) in [5.74, 6) is -2.12. The maximum atomic E-state index is 12.7. The van der Waals surface area contributed by atoms with Crippen LogP contribution >= 0.6 is 23.5 Å². The predicted molar refractivity (Wildman–Crippen MR) is 115 cm³/mol. The Bertz CT molecular complexity index is 970. The molecule has 1 aromatic heterocycles. The number of carbonyl (C=O) groups excluding carboxylic acids is 1. The summed E-state index contributed by atoms with van der Waals surface area (Å²) in [6, 6.07) is 16.1. The molecule has 0 fully saturated rings. The normalized spacial score (nSPS) is 11.1. The van der Waals surface area contributed by atoms with Crippen molar-refractivity contribution in [1.29, 1.82) is 0 Å². The number of alkyl halides is 2. The maximum absolute atomic E-state index is 12.7. The first kappa shape index (κ1) is 22.3. The fourth-order valence-electron chi connectivity index (χ4n) is 2.67. The molecule has 0 radical (unpaired) electrons. The van der Waals surface area contributed by atoms with E-state index >= 15 is 0 Å². The lowest BCUT2D eigenvalue weighted by Crippen LogP contribution is -2.15. The molecular weight excluding hydrogens is 430 g/mol. The highest BCUT2D eigenvalue weighted by Gasteiger charge is 2.16. The van der Waals surface area contributed by atoms with E-state index < -0.39 is 5.76 Å². The van der Waals surface area contributed by atoms with Gasteiger partial charge >= 0.3 is 0 Å². The Labute approximate surface area is 181 Å². The Morgan fingerprint density at radius 1 is 1.13 bits per heavy atom. The second kappa shape index (κ2) is 11.1. The van der Waals surface area contributed by atoms with E-state index in [1.807, 2.05) is 34.9 Å². The largest absolute Gasteiger partial charge is 0.383 e. The van der Waals surface area contributed by atoms with Crippen molar-refractivity contribution in [3.8, 4) is 11.4 Å². The molecule has 0 unspecified atom stereocenters. The lowest BCUT2D eigenvalue weighted by atomic mass is 10.2. The van der Waals surface area contributed by atoms with Gasteiger partial charge in [0, 0.05) is 17.6 Å². The monoisotopic (exact) mass is 450 g/mol. The van der Waals surface area contributed by atoms with E-state index in [0.29, 0.717) is 46.5 Å². The van der Waals surface area contributed by atoms with Crippen molar-refractivity contribution >= 4 is 35.1 Å². The molecule has 0 saturated carbocycles. The van der Waals surface area contributed by atoms with Crippen molar-refractivity contribution in [3.05, 3.63) is 54.6 Å². The number of halogens is 2. The van der Waals surface area contributed by atoms with E-state index in [1.165, 1.54) is 11.8 Å². The second-order valence-electron chi connectivity index (χ2n) is 6.03. The van der Waals surface area contributed by atoms with Gasteiger partial charge in [-0.25, -0.2) is 0 Å². The van der Waals surface area contributed by atoms with Crippen molar-refractivity contribution in [2.75, 3.05) is 24.8 Å². The highest BCUT2D eigenvalue weighted by Crippen LogP contribution is 2.32. The first-order valence-corrected chi connectivity index (χ1v) is 10.9. The molecule has 1 heterocycles. The standard InChI is InChI=1S/C20H20F2N4O2S2/c1-28-12-11-26-18(14-7-3-2-4-8-14)24-25-20(26)29-13-17(27)23-15-9-5-6-10-16(15)30-19(21)22/h2-10,19H,11-13H2,1H3,(H,23,27). The van der Waals surface area contributed by atoms with E-state index in [1.54, 1.807) is 31.4 Å². The first-order chi connectivity index (χ1) is 14.6. The van der Waals surface area contributed by atoms with Crippen LogP contribution in [0.1, 0.15) is 0 Å². The number of rotatable bonds is 10. The number of nitrogens with zero attached hydrogens (tertiary/aromatic N) is 3. The topological polar surface area (TPSA) is 69.0 Å². The number of para-hydroxylation sites is 1. The van der Waals surface area contributed by atoms with E-state index in [-0.39, 0.29) is 11.7 Å². The molecule has 3 aromatic rings. The average molecular weight is 451 g/mol. The van der Waals surface area contributed by atoms with Crippen molar-refractivity contribution in [1.82, 2.24) is 14.8 Å². The molecule has 10 heteroatoms. The number of benzene rings is 2. The van der Waals surface area contributed by atoms with Crippen LogP contribution in [0.15, 0.2) is 64.6 Å². The molecule has 158 valence electrons. The molecule has 0 aliphatic heterocycles. The molecule has 0 atom stereocenters. The summed E-state index contributed by atoms with van der Waals surface area (Å²) in [6.45, 7) is 1.00. The summed E-state index contributed by atoms with van der Waals surface area (Å²) in [5.41, 5.74) is 1.27. The van der Waals surface area contributed by atoms with Crippen LogP contribution in [0.3, 0.4) is 0 Å². The van der Waals surface area contributed by atoms with E-state index in [0.717, 1.165) is 5.56 Å². The summed E-state index contributed by atoms with van der Waals surface area (Å²) >= 11 is 1.63. The van der Waals surface area contributed by atoms with Gasteiger partial charge in [0.15, 0.2) is 11.0 Å². The SMILES string of the molecule is COCCn1c(SCC(=O)Nc2ccccc2SC(F)F)nnc1-c1ccccc1. The molecule has 0 bridgehead atoms.